The molecule has 4 rings (SSSR count). The third-order valence-corrected chi connectivity index (χ3v) is 8.55. The van der Waals surface area contributed by atoms with E-state index in [1.54, 1.807) is 31.3 Å². The van der Waals surface area contributed by atoms with Crippen LogP contribution in [0.15, 0.2) is 65.7 Å². The number of sulfonamides is 1. The van der Waals surface area contributed by atoms with Crippen molar-refractivity contribution in [2.45, 2.75) is 31.3 Å². The van der Waals surface area contributed by atoms with Gasteiger partial charge in [-0.15, -0.1) is 3.82 Å². The quantitative estimate of drug-likeness (QED) is 0.425. The van der Waals surface area contributed by atoms with E-state index in [4.69, 9.17) is 16.5 Å². The third-order valence-electron chi connectivity index (χ3n) is 6.06. The van der Waals surface area contributed by atoms with Crippen LogP contribution in [0.4, 0.5) is 5.69 Å². The Morgan fingerprint density at radius 1 is 1.09 bits per heavy atom. The third kappa shape index (κ3) is 5.07. The molecule has 0 N–H and O–H groups in total. The number of hydrogen-bond acceptors (Lipinski definition) is 6. The molecular formula is C24H30ClN5O3S. The second-order valence-corrected chi connectivity index (χ2v) is 10.7. The van der Waals surface area contributed by atoms with Crippen LogP contribution in [0.25, 0.3) is 0 Å². The van der Waals surface area contributed by atoms with Gasteiger partial charge >= 0.3 is 6.01 Å². The first-order valence-corrected chi connectivity index (χ1v) is 13.1. The van der Waals surface area contributed by atoms with E-state index in [1.807, 2.05) is 29.7 Å². The minimum Gasteiger partial charge on any atom is -0.425 e. The number of rotatable bonds is 8. The monoisotopic (exact) mass is 503 g/mol. The zero-order valence-corrected chi connectivity index (χ0v) is 21.2. The number of halogens is 1. The molecule has 8 nitrogen and oxygen atoms in total. The van der Waals surface area contributed by atoms with Crippen LogP contribution in [0, 0.1) is 0 Å². The second-order valence-electron chi connectivity index (χ2n) is 8.34. The number of hydrogen-bond donors (Lipinski definition) is 0. The number of benzene rings is 2. The topological polar surface area (TPSA) is 70.9 Å². The van der Waals surface area contributed by atoms with Crippen molar-refractivity contribution in [1.29, 1.82) is 0 Å². The van der Waals surface area contributed by atoms with Gasteiger partial charge in [-0.05, 0) is 56.9 Å². The minimum absolute atomic E-state index is 0.136. The maximum absolute atomic E-state index is 13.0. The molecular weight excluding hydrogens is 474 g/mol. The Bertz CT molecular complexity index is 1210. The number of aromatic nitrogens is 2. The molecule has 0 bridgehead atoms. The Labute approximate surface area is 206 Å². The molecule has 2 aromatic carbocycles. The van der Waals surface area contributed by atoms with Gasteiger partial charge in [0.15, 0.2) is 0 Å². The first-order chi connectivity index (χ1) is 16.3. The van der Waals surface area contributed by atoms with Crippen molar-refractivity contribution in [2.24, 2.45) is 0 Å². The smallest absolute Gasteiger partial charge is 0.302 e. The Hall–Kier alpha value is -2.59. The lowest BCUT2D eigenvalue weighted by Gasteiger charge is -2.34. The van der Waals surface area contributed by atoms with Crippen molar-refractivity contribution >= 4 is 27.5 Å². The molecule has 2 heterocycles. The van der Waals surface area contributed by atoms with E-state index < -0.39 is 16.1 Å². The van der Waals surface area contributed by atoms with Crippen LogP contribution in [0.3, 0.4) is 0 Å². The van der Waals surface area contributed by atoms with Crippen molar-refractivity contribution < 1.29 is 13.2 Å². The maximum atomic E-state index is 13.0. The molecule has 10 heteroatoms. The molecule has 3 aromatic rings. The van der Waals surface area contributed by atoms with Crippen molar-refractivity contribution in [3.05, 3.63) is 66.5 Å². The molecule has 0 spiro atoms. The largest absolute Gasteiger partial charge is 0.425 e. The van der Waals surface area contributed by atoms with Crippen LogP contribution in [-0.4, -0.2) is 59.9 Å². The molecule has 1 unspecified atom stereocenters. The van der Waals surface area contributed by atoms with Crippen LogP contribution in [-0.2, 0) is 16.6 Å². The summed E-state index contributed by atoms with van der Waals surface area (Å²) in [6, 6.07) is 15.8. The van der Waals surface area contributed by atoms with E-state index in [9.17, 15) is 8.42 Å². The average molecular weight is 504 g/mol. The van der Waals surface area contributed by atoms with Crippen molar-refractivity contribution in [2.75, 3.05) is 38.1 Å². The van der Waals surface area contributed by atoms with Gasteiger partial charge < -0.3 is 14.5 Å². The Kier molecular flexibility index (Phi) is 7.47. The molecule has 1 atom stereocenters. The fourth-order valence-electron chi connectivity index (χ4n) is 4.02. The minimum atomic E-state index is -3.88. The summed E-state index contributed by atoms with van der Waals surface area (Å²) >= 11 is 6.36. The van der Waals surface area contributed by atoms with Gasteiger partial charge in [0, 0.05) is 44.5 Å². The van der Waals surface area contributed by atoms with Crippen molar-refractivity contribution in [1.82, 2.24) is 18.3 Å². The molecule has 0 saturated carbocycles. The summed E-state index contributed by atoms with van der Waals surface area (Å²) in [4.78, 5) is 9.22. The SMILES string of the molecule is CCn1c(C(C)N(Cl)S(=O)(=O)c2ccccc2)cnc1Oc1cccc(N2CCN(C)CC2)c1. The Balaban J connectivity index is 1.54. The molecule has 1 fully saturated rings. The molecule has 0 amide bonds. The van der Waals surface area contributed by atoms with E-state index in [0.717, 1.165) is 35.7 Å². The lowest BCUT2D eigenvalue weighted by Crippen LogP contribution is -2.44. The predicted octanol–water partition coefficient (Wildman–Crippen LogP) is 4.35. The summed E-state index contributed by atoms with van der Waals surface area (Å²) in [5.41, 5.74) is 1.75. The van der Waals surface area contributed by atoms with Gasteiger partial charge in [0.1, 0.15) is 5.75 Å². The maximum Gasteiger partial charge on any atom is 0.302 e. The predicted molar refractivity (Wildman–Crippen MR) is 134 cm³/mol. The highest BCUT2D eigenvalue weighted by molar-refractivity contribution is 7.90. The van der Waals surface area contributed by atoms with Gasteiger partial charge in [0.05, 0.1) is 22.8 Å². The van der Waals surface area contributed by atoms with E-state index in [0.29, 0.717) is 24.0 Å². The number of anilines is 1. The fourth-order valence-corrected chi connectivity index (χ4v) is 5.59. The molecule has 34 heavy (non-hydrogen) atoms. The first kappa shape index (κ1) is 24.5. The van der Waals surface area contributed by atoms with Crippen LogP contribution in [0.2, 0.25) is 0 Å². The summed E-state index contributed by atoms with van der Waals surface area (Å²) < 4.78 is 34.8. The Morgan fingerprint density at radius 3 is 2.47 bits per heavy atom. The lowest BCUT2D eigenvalue weighted by atomic mass is 10.2. The molecule has 1 saturated heterocycles. The standard InChI is InChI=1S/C24H30ClN5O3S/c1-4-29-23(19(2)30(25)34(31,32)22-11-6-5-7-12-22)18-26-24(29)33-21-10-8-9-20(17-21)28-15-13-27(3)14-16-28/h5-12,17-19H,4,13-16H2,1-3H3. The normalized spacial score (nSPS) is 16.1. The van der Waals surface area contributed by atoms with Gasteiger partial charge in [-0.3, -0.25) is 4.57 Å². The van der Waals surface area contributed by atoms with Crippen molar-refractivity contribution in [3.63, 3.8) is 0 Å². The number of nitrogens with zero attached hydrogens (tertiary/aromatic N) is 5. The van der Waals surface area contributed by atoms with Crippen LogP contribution in [0.5, 0.6) is 11.8 Å². The zero-order valence-electron chi connectivity index (χ0n) is 19.6. The molecule has 0 aliphatic carbocycles. The fraction of sp³-hybridized carbons (Fsp3) is 0.375. The highest BCUT2D eigenvalue weighted by atomic mass is 35.5. The summed E-state index contributed by atoms with van der Waals surface area (Å²) in [6.45, 7) is 8.20. The number of likely N-dealkylation sites (N-methyl/N-ethyl adjacent to an activating group) is 1. The molecule has 0 radical (unpaired) electrons. The van der Waals surface area contributed by atoms with Gasteiger partial charge in [-0.2, -0.15) is 0 Å². The summed E-state index contributed by atoms with van der Waals surface area (Å²) in [6.07, 6.45) is 1.61. The molecule has 1 aliphatic rings. The van der Waals surface area contributed by atoms with E-state index in [2.05, 4.69) is 27.9 Å². The van der Waals surface area contributed by atoms with Gasteiger partial charge in [0.25, 0.3) is 10.0 Å². The summed E-state index contributed by atoms with van der Waals surface area (Å²) in [7, 11) is -1.74. The van der Waals surface area contributed by atoms with E-state index >= 15 is 0 Å². The van der Waals surface area contributed by atoms with Crippen LogP contribution in [0.1, 0.15) is 25.6 Å². The second kappa shape index (κ2) is 10.4. The Morgan fingerprint density at radius 2 is 1.79 bits per heavy atom. The molecule has 1 aromatic heterocycles. The van der Waals surface area contributed by atoms with E-state index in [-0.39, 0.29) is 4.90 Å². The van der Waals surface area contributed by atoms with Crippen molar-refractivity contribution in [3.8, 4) is 11.8 Å². The van der Waals surface area contributed by atoms with E-state index in [1.165, 1.54) is 12.1 Å². The van der Waals surface area contributed by atoms with Crippen LogP contribution >= 0.6 is 11.8 Å². The summed E-state index contributed by atoms with van der Waals surface area (Å²) in [5.74, 6) is 0.676. The number of imidazole rings is 1. The molecule has 182 valence electrons. The van der Waals surface area contributed by atoms with Crippen LogP contribution < -0.4 is 9.64 Å². The average Bonchev–Trinajstić information content (AvgIpc) is 3.26. The number of ether oxygens (including phenoxy) is 1. The summed E-state index contributed by atoms with van der Waals surface area (Å²) in [5, 5.41) is 0. The highest BCUT2D eigenvalue weighted by Gasteiger charge is 2.31. The van der Waals surface area contributed by atoms with Gasteiger partial charge in [0.2, 0.25) is 0 Å². The lowest BCUT2D eigenvalue weighted by molar-refractivity contribution is 0.312. The zero-order chi connectivity index (χ0) is 24.3. The molecule has 1 aliphatic heterocycles. The highest BCUT2D eigenvalue weighted by Crippen LogP contribution is 2.33. The first-order valence-electron chi connectivity index (χ1n) is 11.3. The van der Waals surface area contributed by atoms with Gasteiger partial charge in [-0.25, -0.2) is 13.4 Å². The number of piperazine rings is 1. The van der Waals surface area contributed by atoms with Gasteiger partial charge in [-0.1, -0.05) is 24.3 Å².